The Balaban J connectivity index is 2.12. The van der Waals surface area contributed by atoms with E-state index in [1.807, 2.05) is 32.9 Å². The highest BCUT2D eigenvalue weighted by atomic mass is 32.2. The van der Waals surface area contributed by atoms with Crippen LogP contribution in [0.3, 0.4) is 0 Å². The smallest absolute Gasteiger partial charge is 0.242 e. The van der Waals surface area contributed by atoms with Crippen molar-refractivity contribution in [3.63, 3.8) is 0 Å². The largest absolute Gasteiger partial charge is 0.354 e. The van der Waals surface area contributed by atoms with Crippen molar-refractivity contribution < 1.29 is 14.0 Å². The Morgan fingerprint density at radius 1 is 1.10 bits per heavy atom. The molecule has 1 unspecified atom stereocenters. The Labute approximate surface area is 189 Å². The normalized spacial score (nSPS) is 11.9. The lowest BCUT2D eigenvalue weighted by atomic mass is 10.1. The summed E-state index contributed by atoms with van der Waals surface area (Å²) in [6, 6.07) is 13.6. The molecule has 0 aliphatic heterocycles. The molecule has 0 fully saturated rings. The highest BCUT2D eigenvalue weighted by molar-refractivity contribution is 7.99. The zero-order valence-electron chi connectivity index (χ0n) is 18.9. The molecule has 31 heavy (non-hydrogen) atoms. The van der Waals surface area contributed by atoms with Crippen molar-refractivity contribution in [3.05, 3.63) is 71.0 Å². The highest BCUT2D eigenvalue weighted by Gasteiger charge is 2.28. The molecule has 1 N–H and O–H groups in total. The van der Waals surface area contributed by atoms with Gasteiger partial charge in [0.25, 0.3) is 0 Å². The van der Waals surface area contributed by atoms with Crippen LogP contribution < -0.4 is 5.32 Å². The van der Waals surface area contributed by atoms with E-state index in [-0.39, 0.29) is 29.9 Å². The summed E-state index contributed by atoms with van der Waals surface area (Å²) in [5.41, 5.74) is 3.20. The van der Waals surface area contributed by atoms with Gasteiger partial charge in [0.2, 0.25) is 11.8 Å². The molecule has 168 valence electrons. The molecule has 0 aliphatic carbocycles. The lowest BCUT2D eigenvalue weighted by molar-refractivity contribution is -0.139. The van der Waals surface area contributed by atoms with Crippen LogP contribution in [0.2, 0.25) is 0 Å². The third kappa shape index (κ3) is 8.02. The molecule has 2 aromatic rings. The van der Waals surface area contributed by atoms with Gasteiger partial charge in [0, 0.05) is 18.8 Å². The standard InChI is InChI=1S/C25H33FN2O2S/c1-5-23(25(30)27-14-18(2)3)28(15-20-10-12-22(26)13-11-20)24(29)17-31-16-21-9-7-6-8-19(21)4/h6-13,18,23H,5,14-17H2,1-4H3,(H,27,30). The summed E-state index contributed by atoms with van der Waals surface area (Å²) in [6.07, 6.45) is 0.513. The van der Waals surface area contributed by atoms with E-state index >= 15 is 0 Å². The van der Waals surface area contributed by atoms with Gasteiger partial charge in [-0.05, 0) is 48.1 Å². The first-order chi connectivity index (χ1) is 14.8. The molecular formula is C25H33FN2O2S. The summed E-state index contributed by atoms with van der Waals surface area (Å²) in [4.78, 5) is 27.7. The summed E-state index contributed by atoms with van der Waals surface area (Å²) in [5.74, 6) is 0.789. The number of hydrogen-bond donors (Lipinski definition) is 1. The maximum Gasteiger partial charge on any atom is 0.242 e. The molecule has 2 amide bonds. The zero-order chi connectivity index (χ0) is 22.8. The van der Waals surface area contributed by atoms with E-state index in [4.69, 9.17) is 0 Å². The first-order valence-corrected chi connectivity index (χ1v) is 11.9. The number of halogens is 1. The summed E-state index contributed by atoms with van der Waals surface area (Å²) in [7, 11) is 0. The Kier molecular flexibility index (Phi) is 10.0. The van der Waals surface area contributed by atoms with Gasteiger partial charge in [-0.3, -0.25) is 9.59 Å². The molecule has 6 heteroatoms. The van der Waals surface area contributed by atoms with E-state index in [0.717, 1.165) is 11.3 Å². The maximum atomic E-state index is 13.3. The topological polar surface area (TPSA) is 49.4 Å². The van der Waals surface area contributed by atoms with Crippen LogP contribution in [-0.2, 0) is 21.9 Å². The minimum Gasteiger partial charge on any atom is -0.354 e. The summed E-state index contributed by atoms with van der Waals surface area (Å²) < 4.78 is 13.3. The van der Waals surface area contributed by atoms with E-state index in [9.17, 15) is 14.0 Å². The third-order valence-corrected chi connectivity index (χ3v) is 6.05. The van der Waals surface area contributed by atoms with Crippen molar-refractivity contribution in [1.29, 1.82) is 0 Å². The molecular weight excluding hydrogens is 411 g/mol. The Hall–Kier alpha value is -2.34. The van der Waals surface area contributed by atoms with Gasteiger partial charge in [0.05, 0.1) is 5.75 Å². The second kappa shape index (κ2) is 12.5. The van der Waals surface area contributed by atoms with Crippen molar-refractivity contribution in [1.82, 2.24) is 10.2 Å². The monoisotopic (exact) mass is 444 g/mol. The summed E-state index contributed by atoms with van der Waals surface area (Å²) in [5, 5.41) is 2.95. The number of rotatable bonds is 11. The second-order valence-corrected chi connectivity index (χ2v) is 9.12. The van der Waals surface area contributed by atoms with Gasteiger partial charge < -0.3 is 10.2 Å². The Morgan fingerprint density at radius 3 is 2.39 bits per heavy atom. The van der Waals surface area contributed by atoms with Gasteiger partial charge >= 0.3 is 0 Å². The van der Waals surface area contributed by atoms with Gasteiger partial charge in [0.15, 0.2) is 0 Å². The minimum atomic E-state index is -0.560. The molecule has 2 aromatic carbocycles. The van der Waals surface area contributed by atoms with E-state index in [2.05, 4.69) is 24.4 Å². The van der Waals surface area contributed by atoms with E-state index in [1.165, 1.54) is 23.3 Å². The molecule has 0 radical (unpaired) electrons. The van der Waals surface area contributed by atoms with Crippen LogP contribution >= 0.6 is 11.8 Å². The molecule has 0 heterocycles. The Bertz CT molecular complexity index is 855. The van der Waals surface area contributed by atoms with Gasteiger partial charge in [-0.1, -0.05) is 57.2 Å². The third-order valence-electron chi connectivity index (χ3n) is 5.08. The number of carbonyl (C=O) groups is 2. The number of thioether (sulfide) groups is 1. The Morgan fingerprint density at radius 2 is 1.77 bits per heavy atom. The first-order valence-electron chi connectivity index (χ1n) is 10.8. The number of nitrogens with one attached hydrogen (secondary N) is 1. The van der Waals surface area contributed by atoms with Crippen LogP contribution in [0.5, 0.6) is 0 Å². The van der Waals surface area contributed by atoms with Crippen LogP contribution in [0, 0.1) is 18.7 Å². The van der Waals surface area contributed by atoms with Gasteiger partial charge in [0.1, 0.15) is 11.9 Å². The lowest BCUT2D eigenvalue weighted by Crippen LogP contribution is -2.50. The minimum absolute atomic E-state index is 0.0885. The molecule has 0 saturated heterocycles. The summed E-state index contributed by atoms with van der Waals surface area (Å²) >= 11 is 1.54. The average Bonchev–Trinajstić information content (AvgIpc) is 2.74. The quantitative estimate of drug-likeness (QED) is 0.534. The molecule has 0 spiro atoms. The number of carbonyl (C=O) groups excluding carboxylic acids is 2. The SMILES string of the molecule is CCC(C(=O)NCC(C)C)N(Cc1ccc(F)cc1)C(=O)CSCc1ccccc1C. The molecule has 0 bridgehead atoms. The van der Waals surface area contributed by atoms with E-state index in [0.29, 0.717) is 18.9 Å². The molecule has 0 aromatic heterocycles. The molecule has 0 saturated carbocycles. The fraction of sp³-hybridized carbons (Fsp3) is 0.440. The molecule has 2 rings (SSSR count). The second-order valence-electron chi connectivity index (χ2n) is 8.13. The van der Waals surface area contributed by atoms with Gasteiger partial charge in [-0.2, -0.15) is 0 Å². The number of hydrogen-bond acceptors (Lipinski definition) is 3. The first kappa shape index (κ1) is 24.9. The van der Waals surface area contributed by atoms with Gasteiger partial charge in [-0.15, -0.1) is 11.8 Å². The number of benzene rings is 2. The van der Waals surface area contributed by atoms with E-state index < -0.39 is 6.04 Å². The maximum absolute atomic E-state index is 13.3. The molecule has 4 nitrogen and oxygen atoms in total. The fourth-order valence-electron chi connectivity index (χ4n) is 3.23. The van der Waals surface area contributed by atoms with Crippen LogP contribution in [0.25, 0.3) is 0 Å². The van der Waals surface area contributed by atoms with Crippen LogP contribution in [0.1, 0.15) is 43.9 Å². The summed E-state index contributed by atoms with van der Waals surface area (Å²) in [6.45, 7) is 8.87. The zero-order valence-corrected chi connectivity index (χ0v) is 19.7. The van der Waals surface area contributed by atoms with Crippen molar-refractivity contribution in [2.75, 3.05) is 12.3 Å². The number of nitrogens with zero attached hydrogens (tertiary/aromatic N) is 1. The van der Waals surface area contributed by atoms with Crippen LogP contribution in [-0.4, -0.2) is 35.1 Å². The molecule has 1 atom stereocenters. The number of aryl methyl sites for hydroxylation is 1. The lowest BCUT2D eigenvalue weighted by Gasteiger charge is -2.31. The van der Waals surface area contributed by atoms with Crippen molar-refractivity contribution in [3.8, 4) is 0 Å². The van der Waals surface area contributed by atoms with E-state index in [1.54, 1.807) is 28.8 Å². The average molecular weight is 445 g/mol. The van der Waals surface area contributed by atoms with Crippen molar-refractivity contribution in [2.45, 2.75) is 52.5 Å². The number of amides is 2. The van der Waals surface area contributed by atoms with Crippen LogP contribution in [0.15, 0.2) is 48.5 Å². The van der Waals surface area contributed by atoms with Crippen LogP contribution in [0.4, 0.5) is 4.39 Å². The van der Waals surface area contributed by atoms with Crippen molar-refractivity contribution >= 4 is 23.6 Å². The molecule has 0 aliphatic rings. The predicted molar refractivity (Wildman–Crippen MR) is 126 cm³/mol. The highest BCUT2D eigenvalue weighted by Crippen LogP contribution is 2.19. The van der Waals surface area contributed by atoms with Crippen molar-refractivity contribution in [2.24, 2.45) is 5.92 Å². The predicted octanol–water partition coefficient (Wildman–Crippen LogP) is 4.95. The van der Waals surface area contributed by atoms with Gasteiger partial charge in [-0.25, -0.2) is 4.39 Å². The fourth-order valence-corrected chi connectivity index (χ4v) is 4.22.